The predicted molar refractivity (Wildman–Crippen MR) is 76.2 cm³/mol. The topological polar surface area (TPSA) is 61.8 Å². The zero-order valence-corrected chi connectivity index (χ0v) is 13.0. The molecule has 0 aromatic heterocycles. The molecule has 0 saturated carbocycles. The number of esters is 2. The van der Waals surface area contributed by atoms with Crippen molar-refractivity contribution in [3.8, 4) is 0 Å². The van der Waals surface area contributed by atoms with E-state index in [9.17, 15) is 9.59 Å². The van der Waals surface area contributed by atoms with Gasteiger partial charge in [0.25, 0.3) is 0 Å². The van der Waals surface area contributed by atoms with Gasteiger partial charge >= 0.3 is 11.9 Å². The van der Waals surface area contributed by atoms with Crippen LogP contribution >= 0.6 is 0 Å². The van der Waals surface area contributed by atoms with Crippen molar-refractivity contribution in [2.45, 2.75) is 59.4 Å². The van der Waals surface area contributed by atoms with Crippen molar-refractivity contribution >= 4 is 11.9 Å². The van der Waals surface area contributed by atoms with Gasteiger partial charge in [0.05, 0.1) is 18.1 Å². The van der Waals surface area contributed by atoms with Crippen LogP contribution in [0.4, 0.5) is 0 Å². The van der Waals surface area contributed by atoms with E-state index in [4.69, 9.17) is 14.2 Å². The Labute approximate surface area is 121 Å². The molecule has 0 saturated heterocycles. The molecule has 0 bridgehead atoms. The van der Waals surface area contributed by atoms with Gasteiger partial charge in [-0.05, 0) is 41.0 Å². The van der Waals surface area contributed by atoms with Crippen LogP contribution in [0, 0.1) is 5.92 Å². The van der Waals surface area contributed by atoms with Gasteiger partial charge in [-0.15, -0.1) is 6.58 Å². The van der Waals surface area contributed by atoms with Crippen LogP contribution < -0.4 is 0 Å². The molecule has 0 aliphatic rings. The van der Waals surface area contributed by atoms with Crippen LogP contribution in [0.3, 0.4) is 0 Å². The SMILES string of the molecule is C=CCC(C(=O)OC(C)C)C(OCC)C(=O)OC(C)C. The van der Waals surface area contributed by atoms with E-state index in [1.165, 1.54) is 0 Å². The molecular weight excluding hydrogens is 260 g/mol. The highest BCUT2D eigenvalue weighted by atomic mass is 16.6. The minimum atomic E-state index is -0.966. The number of carbonyl (C=O) groups is 2. The molecule has 0 heterocycles. The lowest BCUT2D eigenvalue weighted by Crippen LogP contribution is -2.40. The third kappa shape index (κ3) is 6.70. The summed E-state index contributed by atoms with van der Waals surface area (Å²) < 4.78 is 15.7. The Morgan fingerprint density at radius 2 is 1.55 bits per heavy atom. The van der Waals surface area contributed by atoms with Crippen LogP contribution in [-0.4, -0.2) is 36.9 Å². The van der Waals surface area contributed by atoms with Crippen molar-refractivity contribution in [1.82, 2.24) is 0 Å². The maximum Gasteiger partial charge on any atom is 0.336 e. The van der Waals surface area contributed by atoms with Gasteiger partial charge in [-0.25, -0.2) is 4.79 Å². The van der Waals surface area contributed by atoms with Crippen LogP contribution in [0.1, 0.15) is 41.0 Å². The molecule has 0 aromatic rings. The minimum absolute atomic E-state index is 0.252. The van der Waals surface area contributed by atoms with Gasteiger partial charge in [0, 0.05) is 6.61 Å². The number of hydrogen-bond donors (Lipinski definition) is 0. The Kier molecular flexibility index (Phi) is 8.88. The zero-order chi connectivity index (χ0) is 15.7. The van der Waals surface area contributed by atoms with Gasteiger partial charge in [-0.2, -0.15) is 0 Å². The molecule has 0 aliphatic carbocycles. The lowest BCUT2D eigenvalue weighted by Gasteiger charge is -2.25. The molecular formula is C15H26O5. The van der Waals surface area contributed by atoms with Crippen molar-refractivity contribution in [1.29, 1.82) is 0 Å². The summed E-state index contributed by atoms with van der Waals surface area (Å²) in [6.45, 7) is 12.7. The van der Waals surface area contributed by atoms with E-state index in [0.29, 0.717) is 13.0 Å². The second kappa shape index (κ2) is 9.53. The smallest absolute Gasteiger partial charge is 0.336 e. The maximum absolute atomic E-state index is 12.1. The molecule has 0 rings (SSSR count). The van der Waals surface area contributed by atoms with Crippen molar-refractivity contribution in [2.24, 2.45) is 5.92 Å². The molecule has 2 unspecified atom stereocenters. The Balaban J connectivity index is 5.06. The van der Waals surface area contributed by atoms with Gasteiger partial charge < -0.3 is 14.2 Å². The van der Waals surface area contributed by atoms with Gasteiger partial charge in [0.15, 0.2) is 6.10 Å². The highest BCUT2D eigenvalue weighted by Gasteiger charge is 2.36. The Bertz CT molecular complexity index is 322. The Hall–Kier alpha value is -1.36. The normalized spacial score (nSPS) is 13.9. The van der Waals surface area contributed by atoms with E-state index in [0.717, 1.165) is 0 Å². The molecule has 0 amide bonds. The van der Waals surface area contributed by atoms with Crippen LogP contribution in [-0.2, 0) is 23.8 Å². The van der Waals surface area contributed by atoms with Gasteiger partial charge in [0.2, 0.25) is 0 Å². The number of hydrogen-bond acceptors (Lipinski definition) is 5. The summed E-state index contributed by atoms with van der Waals surface area (Å²) in [5, 5.41) is 0. The highest BCUT2D eigenvalue weighted by molar-refractivity contribution is 5.84. The first-order valence-electron chi connectivity index (χ1n) is 6.96. The van der Waals surface area contributed by atoms with E-state index >= 15 is 0 Å². The van der Waals surface area contributed by atoms with Crippen LogP contribution in [0.15, 0.2) is 12.7 Å². The highest BCUT2D eigenvalue weighted by Crippen LogP contribution is 2.18. The molecule has 0 radical (unpaired) electrons. The molecule has 0 spiro atoms. The molecule has 0 aliphatic heterocycles. The number of carbonyl (C=O) groups excluding carboxylic acids is 2. The monoisotopic (exact) mass is 286 g/mol. The van der Waals surface area contributed by atoms with Gasteiger partial charge in [-0.3, -0.25) is 4.79 Å². The first-order valence-corrected chi connectivity index (χ1v) is 6.96. The maximum atomic E-state index is 12.1. The molecule has 0 fully saturated rings. The predicted octanol–water partition coefficient (Wildman–Crippen LogP) is 2.49. The molecule has 116 valence electrons. The summed E-state index contributed by atoms with van der Waals surface area (Å²) in [7, 11) is 0. The van der Waals surface area contributed by atoms with Crippen LogP contribution in [0.2, 0.25) is 0 Å². The average Bonchev–Trinajstić information content (AvgIpc) is 2.31. The average molecular weight is 286 g/mol. The fraction of sp³-hybridized carbons (Fsp3) is 0.733. The van der Waals surface area contributed by atoms with Gasteiger partial charge in [0.1, 0.15) is 0 Å². The van der Waals surface area contributed by atoms with E-state index in [2.05, 4.69) is 6.58 Å². The van der Waals surface area contributed by atoms with Crippen molar-refractivity contribution in [3.63, 3.8) is 0 Å². The molecule has 0 aromatic carbocycles. The van der Waals surface area contributed by atoms with Gasteiger partial charge in [-0.1, -0.05) is 6.08 Å². The second-order valence-electron chi connectivity index (χ2n) is 4.98. The molecule has 2 atom stereocenters. The molecule has 20 heavy (non-hydrogen) atoms. The number of rotatable bonds is 9. The molecule has 0 N–H and O–H groups in total. The quantitative estimate of drug-likeness (QED) is 0.481. The fourth-order valence-electron chi connectivity index (χ4n) is 1.67. The molecule has 5 nitrogen and oxygen atoms in total. The second-order valence-corrected chi connectivity index (χ2v) is 4.98. The standard InChI is InChI=1S/C15H26O5/c1-7-9-12(14(16)19-10(3)4)13(18-8-2)15(17)20-11(5)6/h7,10-13H,1,8-9H2,2-6H3. The first kappa shape index (κ1) is 18.6. The Morgan fingerprint density at radius 3 is 1.95 bits per heavy atom. The lowest BCUT2D eigenvalue weighted by atomic mass is 9.98. The zero-order valence-electron chi connectivity index (χ0n) is 13.0. The van der Waals surface area contributed by atoms with Crippen molar-refractivity contribution < 1.29 is 23.8 Å². The van der Waals surface area contributed by atoms with E-state index < -0.39 is 24.0 Å². The van der Waals surface area contributed by atoms with Crippen LogP contribution in [0.25, 0.3) is 0 Å². The van der Waals surface area contributed by atoms with E-state index in [-0.39, 0.29) is 12.2 Å². The largest absolute Gasteiger partial charge is 0.463 e. The van der Waals surface area contributed by atoms with Crippen LogP contribution in [0.5, 0.6) is 0 Å². The fourth-order valence-corrected chi connectivity index (χ4v) is 1.67. The van der Waals surface area contributed by atoms with E-state index in [1.54, 1.807) is 40.7 Å². The first-order chi connectivity index (χ1) is 9.33. The van der Waals surface area contributed by atoms with Crippen molar-refractivity contribution in [2.75, 3.05) is 6.61 Å². The van der Waals surface area contributed by atoms with Crippen molar-refractivity contribution in [3.05, 3.63) is 12.7 Å². The summed E-state index contributed by atoms with van der Waals surface area (Å²) >= 11 is 0. The third-order valence-electron chi connectivity index (χ3n) is 2.37. The summed E-state index contributed by atoms with van der Waals surface area (Å²) in [6, 6.07) is 0. The third-order valence-corrected chi connectivity index (χ3v) is 2.37. The Morgan fingerprint density at radius 1 is 1.05 bits per heavy atom. The summed E-state index contributed by atoms with van der Waals surface area (Å²) in [5.41, 5.74) is 0. The minimum Gasteiger partial charge on any atom is -0.463 e. The summed E-state index contributed by atoms with van der Waals surface area (Å²) in [6.07, 6.45) is 0.380. The molecule has 5 heteroatoms. The number of allylic oxidation sites excluding steroid dienone is 1. The lowest BCUT2D eigenvalue weighted by molar-refractivity contribution is -0.174. The summed E-state index contributed by atoms with van der Waals surface area (Å²) in [5.74, 6) is -1.76. The summed E-state index contributed by atoms with van der Waals surface area (Å²) in [4.78, 5) is 24.2. The number of ether oxygens (including phenoxy) is 3. The van der Waals surface area contributed by atoms with E-state index in [1.807, 2.05) is 0 Å².